The zero-order chi connectivity index (χ0) is 19.6. The van der Waals surface area contributed by atoms with Crippen molar-refractivity contribution >= 4 is 29.3 Å². The first-order chi connectivity index (χ1) is 12.8. The fourth-order valence-electron chi connectivity index (χ4n) is 3.24. The highest BCUT2D eigenvalue weighted by Gasteiger charge is 2.32. The Balaban J connectivity index is 1.90. The lowest BCUT2D eigenvalue weighted by molar-refractivity contribution is -0.116. The number of nitrogens with one attached hydrogen (secondary N) is 1. The van der Waals surface area contributed by atoms with Gasteiger partial charge in [-0.1, -0.05) is 45.9 Å². The minimum absolute atomic E-state index is 0.0136. The highest BCUT2D eigenvalue weighted by atomic mass is 32.2. The molecule has 27 heavy (non-hydrogen) atoms. The van der Waals surface area contributed by atoms with E-state index in [2.05, 4.69) is 38.0 Å². The van der Waals surface area contributed by atoms with Crippen LogP contribution in [-0.2, 0) is 4.79 Å². The number of thioether (sulfide) groups is 1. The third-order valence-electron chi connectivity index (χ3n) is 4.50. The maximum Gasteiger partial charge on any atom is 0.278 e. The first-order valence-corrected chi connectivity index (χ1v) is 10.1. The Kier molecular flexibility index (Phi) is 5.51. The van der Waals surface area contributed by atoms with Crippen molar-refractivity contribution in [3.05, 3.63) is 65.4 Å². The molecule has 0 saturated heterocycles. The molecule has 1 N–H and O–H groups in total. The monoisotopic (exact) mass is 380 g/mol. The number of aliphatic imine (C=N–C) groups is 1. The fourth-order valence-corrected chi connectivity index (χ4v) is 4.04. The van der Waals surface area contributed by atoms with Crippen molar-refractivity contribution in [3.63, 3.8) is 0 Å². The molecule has 1 atom stereocenters. The standard InChI is InChI=1S/C22H24N2O2S/c1-5-27-19-9-7-6-8-16(19)21(26)23-14-10-11-15-17(22(2,3)4)13-20(25)24-18(15)12-14/h6-13,15H,5H2,1-4H3,(H,24,25). The number of benzene rings is 1. The van der Waals surface area contributed by atoms with Crippen LogP contribution in [0.1, 0.15) is 38.1 Å². The summed E-state index contributed by atoms with van der Waals surface area (Å²) in [4.78, 5) is 30.0. The number of carbonyl (C=O) groups excluding carboxylic acids is 2. The summed E-state index contributed by atoms with van der Waals surface area (Å²) in [6.45, 7) is 8.34. The summed E-state index contributed by atoms with van der Waals surface area (Å²) in [7, 11) is 0. The van der Waals surface area contributed by atoms with Crippen molar-refractivity contribution in [3.8, 4) is 0 Å². The average Bonchev–Trinajstić information content (AvgIpc) is 2.60. The average molecular weight is 381 g/mol. The van der Waals surface area contributed by atoms with Crippen LogP contribution in [0.3, 0.4) is 0 Å². The smallest absolute Gasteiger partial charge is 0.278 e. The molecule has 0 fully saturated rings. The van der Waals surface area contributed by atoms with Gasteiger partial charge in [-0.05, 0) is 41.0 Å². The van der Waals surface area contributed by atoms with Gasteiger partial charge in [0, 0.05) is 22.6 Å². The van der Waals surface area contributed by atoms with Gasteiger partial charge in [0.1, 0.15) is 0 Å². The summed E-state index contributed by atoms with van der Waals surface area (Å²) in [5.74, 6) is 0.503. The van der Waals surface area contributed by atoms with Crippen LogP contribution in [0.2, 0.25) is 0 Å². The SMILES string of the molecule is CCSc1ccccc1C(=O)N=C1C=CC2C(=C1)NC(=O)C=C2C(C)(C)C. The van der Waals surface area contributed by atoms with Gasteiger partial charge in [-0.2, -0.15) is 0 Å². The molecule has 2 aliphatic rings. The highest BCUT2D eigenvalue weighted by molar-refractivity contribution is 7.99. The maximum atomic E-state index is 12.7. The lowest BCUT2D eigenvalue weighted by Crippen LogP contribution is -2.36. The molecule has 1 heterocycles. The Morgan fingerprint density at radius 3 is 2.67 bits per heavy atom. The molecule has 0 spiro atoms. The first-order valence-electron chi connectivity index (χ1n) is 9.07. The number of amides is 2. The van der Waals surface area contributed by atoms with Crippen LogP contribution in [-0.4, -0.2) is 23.3 Å². The van der Waals surface area contributed by atoms with Gasteiger partial charge in [0.25, 0.3) is 5.91 Å². The van der Waals surface area contributed by atoms with Gasteiger partial charge in [-0.25, -0.2) is 4.99 Å². The van der Waals surface area contributed by atoms with Gasteiger partial charge in [0.2, 0.25) is 5.91 Å². The summed E-state index contributed by atoms with van der Waals surface area (Å²) < 4.78 is 0. The van der Waals surface area contributed by atoms with Crippen molar-refractivity contribution in [2.24, 2.45) is 16.3 Å². The Morgan fingerprint density at radius 1 is 1.22 bits per heavy atom. The van der Waals surface area contributed by atoms with E-state index in [1.165, 1.54) is 0 Å². The number of fused-ring (bicyclic) bond motifs is 1. The van der Waals surface area contributed by atoms with E-state index in [0.717, 1.165) is 21.9 Å². The molecular weight excluding hydrogens is 356 g/mol. The van der Waals surface area contributed by atoms with Crippen LogP contribution in [0, 0.1) is 11.3 Å². The normalized spacial score (nSPS) is 20.7. The molecule has 1 unspecified atom stereocenters. The molecule has 1 aromatic carbocycles. The lowest BCUT2D eigenvalue weighted by Gasteiger charge is -2.34. The van der Waals surface area contributed by atoms with Gasteiger partial charge in [0.05, 0.1) is 11.3 Å². The molecule has 5 heteroatoms. The summed E-state index contributed by atoms with van der Waals surface area (Å²) >= 11 is 1.63. The molecule has 4 nitrogen and oxygen atoms in total. The first kappa shape index (κ1) is 19.4. The summed E-state index contributed by atoms with van der Waals surface area (Å²) in [6.07, 6.45) is 7.34. The second-order valence-corrected chi connectivity index (χ2v) is 8.85. The van der Waals surface area contributed by atoms with E-state index < -0.39 is 0 Å². The van der Waals surface area contributed by atoms with Crippen molar-refractivity contribution in [1.29, 1.82) is 0 Å². The summed E-state index contributed by atoms with van der Waals surface area (Å²) in [5, 5.41) is 2.89. The molecule has 0 radical (unpaired) electrons. The van der Waals surface area contributed by atoms with Gasteiger partial charge in [-0.3, -0.25) is 9.59 Å². The molecule has 1 aliphatic carbocycles. The molecular formula is C22H24N2O2S. The van der Waals surface area contributed by atoms with Crippen LogP contribution >= 0.6 is 11.8 Å². The zero-order valence-electron chi connectivity index (χ0n) is 16.1. The van der Waals surface area contributed by atoms with Gasteiger partial charge >= 0.3 is 0 Å². The quantitative estimate of drug-likeness (QED) is 0.783. The lowest BCUT2D eigenvalue weighted by atomic mass is 9.74. The Labute approximate surface area is 164 Å². The highest BCUT2D eigenvalue weighted by Crippen LogP contribution is 2.38. The molecule has 3 rings (SSSR count). The predicted octanol–water partition coefficient (Wildman–Crippen LogP) is 4.55. The number of nitrogens with zero attached hydrogens (tertiary/aromatic N) is 1. The molecule has 0 bridgehead atoms. The third kappa shape index (κ3) is 4.30. The van der Waals surface area contributed by atoms with Crippen molar-refractivity contribution in [1.82, 2.24) is 5.32 Å². The largest absolute Gasteiger partial charge is 0.325 e. The maximum absolute atomic E-state index is 12.7. The number of hydrogen-bond acceptors (Lipinski definition) is 3. The van der Waals surface area contributed by atoms with Gasteiger partial charge < -0.3 is 5.32 Å². The number of allylic oxidation sites excluding steroid dienone is 3. The number of rotatable bonds is 3. The van der Waals surface area contributed by atoms with Crippen LogP contribution in [0.5, 0.6) is 0 Å². The van der Waals surface area contributed by atoms with Crippen molar-refractivity contribution in [2.75, 3.05) is 5.75 Å². The molecule has 2 amide bonds. The zero-order valence-corrected chi connectivity index (χ0v) is 16.9. The van der Waals surface area contributed by atoms with Crippen molar-refractivity contribution < 1.29 is 9.59 Å². The van der Waals surface area contributed by atoms with E-state index in [0.29, 0.717) is 11.3 Å². The van der Waals surface area contributed by atoms with E-state index in [1.807, 2.05) is 30.4 Å². The number of carbonyl (C=O) groups is 2. The molecule has 0 aromatic heterocycles. The van der Waals surface area contributed by atoms with E-state index in [-0.39, 0.29) is 23.1 Å². The van der Waals surface area contributed by atoms with Crippen LogP contribution in [0.25, 0.3) is 0 Å². The summed E-state index contributed by atoms with van der Waals surface area (Å²) in [6, 6.07) is 7.51. The minimum Gasteiger partial charge on any atom is -0.325 e. The fraction of sp³-hybridized carbons (Fsp3) is 0.318. The Morgan fingerprint density at radius 2 is 1.96 bits per heavy atom. The molecule has 0 saturated carbocycles. The predicted molar refractivity (Wildman–Crippen MR) is 111 cm³/mol. The van der Waals surface area contributed by atoms with Crippen LogP contribution in [0.4, 0.5) is 0 Å². The second kappa shape index (κ2) is 7.69. The Hall–Kier alpha value is -2.40. The topological polar surface area (TPSA) is 58.5 Å². The second-order valence-electron chi connectivity index (χ2n) is 7.55. The third-order valence-corrected chi connectivity index (χ3v) is 5.46. The molecule has 140 valence electrons. The van der Waals surface area contributed by atoms with Crippen molar-refractivity contribution in [2.45, 2.75) is 32.6 Å². The van der Waals surface area contributed by atoms with Gasteiger partial charge in [-0.15, -0.1) is 11.8 Å². The van der Waals surface area contributed by atoms with Crippen LogP contribution in [0.15, 0.2) is 69.7 Å². The molecule has 1 aromatic rings. The molecule has 1 aliphatic heterocycles. The minimum atomic E-state index is -0.268. The van der Waals surface area contributed by atoms with Crippen LogP contribution < -0.4 is 5.32 Å². The van der Waals surface area contributed by atoms with E-state index >= 15 is 0 Å². The summed E-state index contributed by atoms with van der Waals surface area (Å²) in [5.41, 5.74) is 2.88. The van der Waals surface area contributed by atoms with E-state index in [1.54, 1.807) is 30.0 Å². The Bertz CT molecular complexity index is 901. The van der Waals surface area contributed by atoms with Gasteiger partial charge in [0.15, 0.2) is 0 Å². The van der Waals surface area contributed by atoms with E-state index in [9.17, 15) is 9.59 Å². The number of hydrogen-bond donors (Lipinski definition) is 1. The van der Waals surface area contributed by atoms with E-state index in [4.69, 9.17) is 0 Å².